The van der Waals surface area contributed by atoms with Crippen LogP contribution in [0.3, 0.4) is 0 Å². The van der Waals surface area contributed by atoms with Gasteiger partial charge in [0.15, 0.2) is 0 Å². The van der Waals surface area contributed by atoms with Crippen LogP contribution >= 0.6 is 0 Å². The van der Waals surface area contributed by atoms with Gasteiger partial charge in [-0.25, -0.2) is 0 Å². The number of carbonyl (C=O) groups is 1. The summed E-state index contributed by atoms with van der Waals surface area (Å²) in [6.45, 7) is 5.87. The van der Waals surface area contributed by atoms with Crippen LogP contribution in [0.2, 0.25) is 0 Å². The first-order chi connectivity index (χ1) is 14.0. The van der Waals surface area contributed by atoms with Gasteiger partial charge in [0.1, 0.15) is 0 Å². The summed E-state index contributed by atoms with van der Waals surface area (Å²) in [6, 6.07) is 13.5. The highest BCUT2D eigenvalue weighted by Gasteiger charge is 2.52. The molecule has 1 amide bonds. The lowest BCUT2D eigenvalue weighted by molar-refractivity contribution is 0.0418. The summed E-state index contributed by atoms with van der Waals surface area (Å²) in [5.74, 6) is -0.144. The van der Waals surface area contributed by atoms with Gasteiger partial charge in [-0.1, -0.05) is 24.3 Å². The number of aromatic nitrogens is 1. The fourth-order valence-corrected chi connectivity index (χ4v) is 5.29. The van der Waals surface area contributed by atoms with Gasteiger partial charge in [-0.2, -0.15) is 0 Å². The molecule has 5 nitrogen and oxygen atoms in total. The molecule has 2 atom stereocenters. The van der Waals surface area contributed by atoms with Gasteiger partial charge in [0.25, 0.3) is 5.91 Å². The molecule has 1 aliphatic heterocycles. The maximum atomic E-state index is 13.1. The molecule has 5 heteroatoms. The second kappa shape index (κ2) is 6.71. The summed E-state index contributed by atoms with van der Waals surface area (Å²) in [6.07, 6.45) is 1.14. The molecular weight excluding hydrogens is 362 g/mol. The van der Waals surface area contributed by atoms with Crippen LogP contribution < -0.4 is 10.6 Å². The molecule has 1 aromatic heterocycles. The minimum absolute atomic E-state index is 0.144. The molecule has 1 aliphatic carbocycles. The van der Waals surface area contributed by atoms with Gasteiger partial charge in [-0.05, 0) is 74.7 Å². The summed E-state index contributed by atoms with van der Waals surface area (Å²) in [4.78, 5) is 16.5. The molecule has 2 aromatic carbocycles. The van der Waals surface area contributed by atoms with Crippen molar-refractivity contribution >= 4 is 16.8 Å². The van der Waals surface area contributed by atoms with Crippen LogP contribution in [-0.2, 0) is 5.41 Å². The number of hydrogen-bond acceptors (Lipinski definition) is 3. The first-order valence-corrected chi connectivity index (χ1v) is 10.4. The highest BCUT2D eigenvalue weighted by Crippen LogP contribution is 2.50. The topological polar surface area (TPSA) is 77.2 Å². The number of carbonyl (C=O) groups excluding carboxylic acids is 1. The number of aliphatic hydroxyl groups is 1. The Morgan fingerprint density at radius 3 is 2.69 bits per heavy atom. The third-order valence-corrected chi connectivity index (χ3v) is 7.07. The lowest BCUT2D eigenvalue weighted by Crippen LogP contribution is -2.48. The second-order valence-electron chi connectivity index (χ2n) is 8.52. The number of benzene rings is 2. The molecule has 0 bridgehead atoms. The number of nitrogens with one attached hydrogen (secondary N) is 3. The minimum Gasteiger partial charge on any atom is -0.390 e. The van der Waals surface area contributed by atoms with Gasteiger partial charge in [0.2, 0.25) is 0 Å². The molecule has 0 saturated carbocycles. The van der Waals surface area contributed by atoms with E-state index in [2.05, 4.69) is 28.6 Å². The van der Waals surface area contributed by atoms with Gasteiger partial charge in [0.05, 0.1) is 12.1 Å². The Balaban J connectivity index is 1.48. The largest absolute Gasteiger partial charge is 0.390 e. The average molecular weight is 389 g/mol. The van der Waals surface area contributed by atoms with Crippen molar-refractivity contribution in [1.29, 1.82) is 0 Å². The molecule has 0 unspecified atom stereocenters. The van der Waals surface area contributed by atoms with Crippen LogP contribution in [0.25, 0.3) is 10.9 Å². The third kappa shape index (κ3) is 2.72. The average Bonchev–Trinajstić information content (AvgIpc) is 3.15. The fourth-order valence-electron chi connectivity index (χ4n) is 5.29. The molecule has 1 fully saturated rings. The Labute approximate surface area is 170 Å². The Bertz CT molecular complexity index is 1090. The van der Waals surface area contributed by atoms with E-state index in [0.29, 0.717) is 5.56 Å². The van der Waals surface area contributed by atoms with Crippen molar-refractivity contribution in [1.82, 2.24) is 15.6 Å². The Morgan fingerprint density at radius 2 is 1.90 bits per heavy atom. The monoisotopic (exact) mass is 389 g/mol. The van der Waals surface area contributed by atoms with E-state index in [1.54, 1.807) is 0 Å². The maximum absolute atomic E-state index is 13.1. The summed E-state index contributed by atoms with van der Waals surface area (Å²) in [5, 5.41) is 19.0. The van der Waals surface area contributed by atoms with Gasteiger partial charge in [0, 0.05) is 27.6 Å². The summed E-state index contributed by atoms with van der Waals surface area (Å²) >= 11 is 0. The number of piperidine rings is 1. The van der Waals surface area contributed by atoms with Gasteiger partial charge < -0.3 is 20.7 Å². The quantitative estimate of drug-likeness (QED) is 0.543. The van der Waals surface area contributed by atoms with Crippen molar-refractivity contribution in [3.63, 3.8) is 0 Å². The Morgan fingerprint density at radius 1 is 1.14 bits per heavy atom. The molecule has 2 heterocycles. The zero-order valence-electron chi connectivity index (χ0n) is 16.9. The second-order valence-corrected chi connectivity index (χ2v) is 8.52. The van der Waals surface area contributed by atoms with E-state index in [9.17, 15) is 9.90 Å². The number of hydrogen-bond donors (Lipinski definition) is 4. The number of rotatable bonds is 2. The number of aryl methyl sites for hydroxylation is 2. The molecule has 0 radical (unpaired) electrons. The molecule has 29 heavy (non-hydrogen) atoms. The van der Waals surface area contributed by atoms with Gasteiger partial charge in [-0.15, -0.1) is 0 Å². The zero-order chi connectivity index (χ0) is 20.2. The van der Waals surface area contributed by atoms with Crippen molar-refractivity contribution in [3.05, 3.63) is 70.4 Å². The van der Waals surface area contributed by atoms with Crippen LogP contribution in [0.1, 0.15) is 51.6 Å². The standard InChI is InChI=1S/C24H27N3O2/c1-14-15(2)26-20-8-7-16(13-18(14)20)23(29)27-21-17-5-3-4-6-19(17)24(22(21)28)9-11-25-12-10-24/h3-8,13,21-22,25-26,28H,9-12H2,1-2H3,(H,27,29)/t21-,22+/m1/s1. The van der Waals surface area contributed by atoms with E-state index in [1.165, 1.54) is 5.56 Å². The molecule has 1 saturated heterocycles. The summed E-state index contributed by atoms with van der Waals surface area (Å²) < 4.78 is 0. The molecular formula is C24H27N3O2. The van der Waals surface area contributed by atoms with Crippen molar-refractivity contribution in [3.8, 4) is 0 Å². The van der Waals surface area contributed by atoms with Crippen LogP contribution in [0.5, 0.6) is 0 Å². The van der Waals surface area contributed by atoms with E-state index in [4.69, 9.17) is 0 Å². The SMILES string of the molecule is Cc1[nH]c2ccc(C(=O)N[C@@H]3c4ccccc4C4(CCNCC4)[C@H]3O)cc2c1C. The molecule has 3 aromatic rings. The molecule has 2 aliphatic rings. The minimum atomic E-state index is -0.620. The molecule has 4 N–H and O–H groups in total. The van der Waals surface area contributed by atoms with Crippen LogP contribution in [-0.4, -0.2) is 35.2 Å². The predicted molar refractivity (Wildman–Crippen MR) is 114 cm³/mol. The molecule has 150 valence electrons. The number of aromatic amines is 1. The molecule has 5 rings (SSSR count). The number of amides is 1. The lowest BCUT2D eigenvalue weighted by atomic mass is 9.72. The van der Waals surface area contributed by atoms with Crippen molar-refractivity contribution in [2.24, 2.45) is 0 Å². The first kappa shape index (κ1) is 18.4. The van der Waals surface area contributed by atoms with Crippen molar-refractivity contribution in [2.45, 2.75) is 44.2 Å². The third-order valence-electron chi connectivity index (χ3n) is 7.07. The molecule has 1 spiro atoms. The van der Waals surface area contributed by atoms with Crippen molar-refractivity contribution in [2.75, 3.05) is 13.1 Å². The Hall–Kier alpha value is -2.63. The highest BCUT2D eigenvalue weighted by atomic mass is 16.3. The number of fused-ring (bicyclic) bond motifs is 3. The summed E-state index contributed by atoms with van der Waals surface area (Å²) in [7, 11) is 0. The number of H-pyrrole nitrogens is 1. The first-order valence-electron chi connectivity index (χ1n) is 10.4. The van der Waals surface area contributed by atoms with Gasteiger partial charge in [-0.3, -0.25) is 4.79 Å². The predicted octanol–water partition coefficient (Wildman–Crippen LogP) is 3.25. The normalized spacial score (nSPS) is 22.7. The van der Waals surface area contributed by atoms with E-state index in [-0.39, 0.29) is 17.4 Å². The Kier molecular flexibility index (Phi) is 4.26. The fraction of sp³-hybridized carbons (Fsp3) is 0.375. The van der Waals surface area contributed by atoms with Crippen LogP contribution in [0, 0.1) is 13.8 Å². The van der Waals surface area contributed by atoms with E-state index in [0.717, 1.165) is 53.7 Å². The highest BCUT2D eigenvalue weighted by molar-refractivity contribution is 5.99. The smallest absolute Gasteiger partial charge is 0.251 e. The van der Waals surface area contributed by atoms with E-state index < -0.39 is 6.10 Å². The van der Waals surface area contributed by atoms with Gasteiger partial charge >= 0.3 is 0 Å². The van der Waals surface area contributed by atoms with E-state index >= 15 is 0 Å². The summed E-state index contributed by atoms with van der Waals surface area (Å²) in [5.41, 5.74) is 5.89. The van der Waals surface area contributed by atoms with Crippen LogP contribution in [0.15, 0.2) is 42.5 Å². The maximum Gasteiger partial charge on any atom is 0.251 e. The zero-order valence-corrected chi connectivity index (χ0v) is 16.9. The number of aliphatic hydroxyl groups excluding tert-OH is 1. The van der Waals surface area contributed by atoms with Crippen molar-refractivity contribution < 1.29 is 9.90 Å². The van der Waals surface area contributed by atoms with Crippen LogP contribution in [0.4, 0.5) is 0 Å². The van der Waals surface area contributed by atoms with E-state index in [1.807, 2.05) is 43.3 Å². The lowest BCUT2D eigenvalue weighted by Gasteiger charge is -2.38.